The van der Waals surface area contributed by atoms with Crippen LogP contribution in [0.5, 0.6) is 0 Å². The SMILES string of the molecule is CN(C(=O)COC(C)(C)C)C(CN)C1CC1. The lowest BCUT2D eigenvalue weighted by Crippen LogP contribution is -2.45. The second kappa shape index (κ2) is 5.15. The minimum Gasteiger partial charge on any atom is -0.366 e. The van der Waals surface area contributed by atoms with E-state index < -0.39 is 0 Å². The highest BCUT2D eigenvalue weighted by atomic mass is 16.5. The molecule has 0 radical (unpaired) electrons. The Kier molecular flexibility index (Phi) is 4.33. The Labute approximate surface area is 98.1 Å². The largest absolute Gasteiger partial charge is 0.366 e. The number of ether oxygens (including phenoxy) is 1. The average Bonchev–Trinajstić information content (AvgIpc) is 2.98. The van der Waals surface area contributed by atoms with Crippen molar-refractivity contribution in [3.05, 3.63) is 0 Å². The van der Waals surface area contributed by atoms with Crippen LogP contribution in [0.1, 0.15) is 33.6 Å². The normalized spacial score (nSPS) is 18.3. The van der Waals surface area contributed by atoms with Crippen LogP contribution in [0.25, 0.3) is 0 Å². The van der Waals surface area contributed by atoms with Crippen molar-refractivity contribution in [2.24, 2.45) is 11.7 Å². The van der Waals surface area contributed by atoms with E-state index in [1.165, 1.54) is 12.8 Å². The molecule has 4 nitrogen and oxygen atoms in total. The third-order valence-corrected chi connectivity index (χ3v) is 2.93. The molecule has 1 saturated carbocycles. The fraction of sp³-hybridized carbons (Fsp3) is 0.917. The number of carbonyl (C=O) groups excluding carboxylic acids is 1. The van der Waals surface area contributed by atoms with Crippen molar-refractivity contribution in [1.82, 2.24) is 4.90 Å². The first-order valence-electron chi connectivity index (χ1n) is 5.95. The Morgan fingerprint density at radius 1 is 1.50 bits per heavy atom. The highest BCUT2D eigenvalue weighted by Crippen LogP contribution is 2.34. The van der Waals surface area contributed by atoms with Crippen LogP contribution < -0.4 is 5.73 Å². The molecular weight excluding hydrogens is 204 g/mol. The fourth-order valence-electron chi connectivity index (χ4n) is 1.71. The summed E-state index contributed by atoms with van der Waals surface area (Å²) in [6.45, 7) is 6.52. The number of carbonyl (C=O) groups is 1. The summed E-state index contributed by atoms with van der Waals surface area (Å²) < 4.78 is 5.48. The lowest BCUT2D eigenvalue weighted by molar-refractivity contribution is -0.142. The van der Waals surface area contributed by atoms with Gasteiger partial charge in [-0.05, 0) is 39.5 Å². The van der Waals surface area contributed by atoms with Gasteiger partial charge in [-0.3, -0.25) is 4.79 Å². The Hall–Kier alpha value is -0.610. The molecule has 0 aromatic carbocycles. The molecule has 0 bridgehead atoms. The molecule has 0 saturated heterocycles. The fourth-order valence-corrected chi connectivity index (χ4v) is 1.71. The minimum absolute atomic E-state index is 0.0253. The molecule has 4 heteroatoms. The Balaban J connectivity index is 2.40. The molecule has 1 rings (SSSR count). The standard InChI is InChI=1S/C12H24N2O2/c1-12(2,3)16-8-11(15)14(4)10(7-13)9-5-6-9/h9-10H,5-8,13H2,1-4H3. The highest BCUT2D eigenvalue weighted by Gasteiger charge is 2.34. The predicted octanol–water partition coefficient (Wildman–Crippen LogP) is 0.997. The lowest BCUT2D eigenvalue weighted by atomic mass is 10.1. The first-order chi connectivity index (χ1) is 7.35. The summed E-state index contributed by atoms with van der Waals surface area (Å²) in [5.74, 6) is 0.630. The number of amides is 1. The van der Waals surface area contributed by atoms with E-state index in [0.29, 0.717) is 12.5 Å². The maximum atomic E-state index is 11.9. The van der Waals surface area contributed by atoms with Crippen LogP contribution in [0.4, 0.5) is 0 Å². The molecule has 1 amide bonds. The van der Waals surface area contributed by atoms with Crippen molar-refractivity contribution in [1.29, 1.82) is 0 Å². The number of hydrogen-bond donors (Lipinski definition) is 1. The van der Waals surface area contributed by atoms with E-state index >= 15 is 0 Å². The number of hydrogen-bond acceptors (Lipinski definition) is 3. The van der Waals surface area contributed by atoms with Gasteiger partial charge in [0.1, 0.15) is 6.61 Å². The van der Waals surface area contributed by atoms with Crippen molar-refractivity contribution in [3.8, 4) is 0 Å². The van der Waals surface area contributed by atoms with E-state index in [9.17, 15) is 4.79 Å². The van der Waals surface area contributed by atoms with Gasteiger partial charge in [0.05, 0.1) is 5.60 Å². The Morgan fingerprint density at radius 3 is 2.44 bits per heavy atom. The summed E-state index contributed by atoms with van der Waals surface area (Å²) in [5.41, 5.74) is 5.43. The molecular formula is C12H24N2O2. The van der Waals surface area contributed by atoms with Crippen LogP contribution in [-0.2, 0) is 9.53 Å². The summed E-state index contributed by atoms with van der Waals surface area (Å²) >= 11 is 0. The van der Waals surface area contributed by atoms with Crippen LogP contribution in [0.2, 0.25) is 0 Å². The molecule has 2 N–H and O–H groups in total. The lowest BCUT2D eigenvalue weighted by Gasteiger charge is -2.28. The second-order valence-electron chi connectivity index (χ2n) is 5.55. The van der Waals surface area contributed by atoms with E-state index in [4.69, 9.17) is 10.5 Å². The molecule has 1 aliphatic carbocycles. The summed E-state index contributed by atoms with van der Waals surface area (Å²) in [5, 5.41) is 0. The maximum absolute atomic E-state index is 11.9. The third-order valence-electron chi connectivity index (χ3n) is 2.93. The Bertz CT molecular complexity index is 244. The molecule has 0 aromatic heterocycles. The first-order valence-corrected chi connectivity index (χ1v) is 5.95. The molecule has 94 valence electrons. The van der Waals surface area contributed by atoms with Gasteiger partial charge in [-0.25, -0.2) is 0 Å². The number of rotatable bonds is 5. The number of nitrogens with zero attached hydrogens (tertiary/aromatic N) is 1. The molecule has 1 fully saturated rings. The zero-order chi connectivity index (χ0) is 12.3. The van der Waals surface area contributed by atoms with Crippen LogP contribution in [0.3, 0.4) is 0 Å². The van der Waals surface area contributed by atoms with E-state index in [0.717, 1.165) is 0 Å². The smallest absolute Gasteiger partial charge is 0.248 e. The number of nitrogens with two attached hydrogens (primary N) is 1. The molecule has 1 atom stereocenters. The zero-order valence-electron chi connectivity index (χ0n) is 10.8. The topological polar surface area (TPSA) is 55.6 Å². The van der Waals surface area contributed by atoms with Gasteiger partial charge < -0.3 is 15.4 Å². The molecule has 0 spiro atoms. The monoisotopic (exact) mass is 228 g/mol. The second-order valence-corrected chi connectivity index (χ2v) is 5.55. The molecule has 0 aromatic rings. The summed E-state index contributed by atoms with van der Waals surface area (Å²) in [7, 11) is 1.82. The summed E-state index contributed by atoms with van der Waals surface area (Å²) in [6.07, 6.45) is 2.39. The van der Waals surface area contributed by atoms with E-state index in [2.05, 4.69) is 0 Å². The van der Waals surface area contributed by atoms with Crippen LogP contribution in [0.15, 0.2) is 0 Å². The van der Waals surface area contributed by atoms with Gasteiger partial charge >= 0.3 is 0 Å². The van der Waals surface area contributed by atoms with Crippen LogP contribution in [0, 0.1) is 5.92 Å². The molecule has 0 heterocycles. The first kappa shape index (κ1) is 13.5. The summed E-state index contributed by atoms with van der Waals surface area (Å²) in [4.78, 5) is 13.6. The van der Waals surface area contributed by atoms with Gasteiger partial charge in [-0.15, -0.1) is 0 Å². The highest BCUT2D eigenvalue weighted by molar-refractivity contribution is 5.77. The molecule has 0 aliphatic heterocycles. The van der Waals surface area contributed by atoms with Crippen molar-refractivity contribution in [2.45, 2.75) is 45.3 Å². The van der Waals surface area contributed by atoms with Gasteiger partial charge in [-0.1, -0.05) is 0 Å². The third kappa shape index (κ3) is 4.10. The van der Waals surface area contributed by atoms with Gasteiger partial charge in [-0.2, -0.15) is 0 Å². The molecule has 1 aliphatic rings. The van der Waals surface area contributed by atoms with Gasteiger partial charge in [0, 0.05) is 19.6 Å². The van der Waals surface area contributed by atoms with E-state index in [-0.39, 0.29) is 24.2 Å². The van der Waals surface area contributed by atoms with Gasteiger partial charge in [0.25, 0.3) is 0 Å². The van der Waals surface area contributed by atoms with Crippen molar-refractivity contribution < 1.29 is 9.53 Å². The quantitative estimate of drug-likeness (QED) is 0.763. The van der Waals surface area contributed by atoms with Crippen LogP contribution >= 0.6 is 0 Å². The van der Waals surface area contributed by atoms with Crippen LogP contribution in [-0.4, -0.2) is 42.6 Å². The van der Waals surface area contributed by atoms with Crippen molar-refractivity contribution >= 4 is 5.91 Å². The predicted molar refractivity (Wildman–Crippen MR) is 64.0 cm³/mol. The molecule has 1 unspecified atom stereocenters. The number of likely N-dealkylation sites (N-methyl/N-ethyl adjacent to an activating group) is 1. The van der Waals surface area contributed by atoms with Crippen molar-refractivity contribution in [2.75, 3.05) is 20.2 Å². The molecule has 16 heavy (non-hydrogen) atoms. The minimum atomic E-state index is -0.270. The van der Waals surface area contributed by atoms with Gasteiger partial charge in [0.15, 0.2) is 0 Å². The van der Waals surface area contributed by atoms with E-state index in [1.807, 2.05) is 27.8 Å². The summed E-state index contributed by atoms with van der Waals surface area (Å²) in [6, 6.07) is 0.191. The zero-order valence-corrected chi connectivity index (χ0v) is 10.8. The Morgan fingerprint density at radius 2 is 2.06 bits per heavy atom. The van der Waals surface area contributed by atoms with Gasteiger partial charge in [0.2, 0.25) is 5.91 Å². The maximum Gasteiger partial charge on any atom is 0.248 e. The van der Waals surface area contributed by atoms with E-state index in [1.54, 1.807) is 4.90 Å². The average molecular weight is 228 g/mol. The van der Waals surface area contributed by atoms with Crippen molar-refractivity contribution in [3.63, 3.8) is 0 Å².